The van der Waals surface area contributed by atoms with Crippen LogP contribution in [0.2, 0.25) is 0 Å². The fourth-order valence-electron chi connectivity index (χ4n) is 1.98. The summed E-state index contributed by atoms with van der Waals surface area (Å²) in [5.41, 5.74) is 9.19. The van der Waals surface area contributed by atoms with E-state index in [4.69, 9.17) is 20.2 Å². The number of hydrogen-bond acceptors (Lipinski definition) is 7. The molecule has 0 atom stereocenters. The number of aromatic amines is 1. The summed E-state index contributed by atoms with van der Waals surface area (Å²) in [5.74, 6) is -0.214. The van der Waals surface area contributed by atoms with Crippen molar-refractivity contribution in [2.24, 2.45) is 5.73 Å². The number of nitrogens with two attached hydrogens (primary N) is 1. The third kappa shape index (κ3) is 12.6. The third-order valence-electron chi connectivity index (χ3n) is 3.01. The molecule has 1 heterocycles. The number of rotatable bonds is 2. The van der Waals surface area contributed by atoms with Crippen LogP contribution in [0.15, 0.2) is 18.2 Å². The molecule has 0 aliphatic heterocycles. The molecule has 0 radical (unpaired) electrons. The molecule has 14 heteroatoms. The molecule has 0 spiro atoms. The quantitative estimate of drug-likeness (QED) is 0.209. The average Bonchev–Trinajstić information content (AvgIpc) is 2.87. The topological polar surface area (TPSA) is 216 Å². The van der Waals surface area contributed by atoms with E-state index in [1.165, 1.54) is 0 Å². The lowest BCUT2D eigenvalue weighted by molar-refractivity contribution is 0.0971. The lowest BCUT2D eigenvalue weighted by atomic mass is 10.1. The number of hydrogen-bond donors (Lipinski definition) is 6. The largest absolute Gasteiger partial charge is 0.370 e. The smallest absolute Gasteiger partial charge is 0.276 e. The van der Waals surface area contributed by atoms with Gasteiger partial charge in [-0.1, -0.05) is 17.7 Å². The summed E-state index contributed by atoms with van der Waals surface area (Å²) in [6.07, 6.45) is 1.43. The Morgan fingerprint density at radius 2 is 1.57 bits per heavy atom. The monoisotopic (exact) mass is 463 g/mol. The van der Waals surface area contributed by atoms with Gasteiger partial charge in [-0.3, -0.25) is 24.6 Å². The van der Waals surface area contributed by atoms with Crippen LogP contribution in [0.1, 0.15) is 27.3 Å². The van der Waals surface area contributed by atoms with Gasteiger partial charge in [-0.05, 0) is 32.4 Å². The van der Waals surface area contributed by atoms with Crippen LogP contribution in [0.25, 0.3) is 11.4 Å². The van der Waals surface area contributed by atoms with Crippen LogP contribution in [-0.4, -0.2) is 60.3 Å². The van der Waals surface area contributed by atoms with Crippen molar-refractivity contribution in [2.45, 2.75) is 20.8 Å². The van der Waals surface area contributed by atoms with E-state index in [1.807, 2.05) is 32.0 Å². The van der Waals surface area contributed by atoms with Crippen LogP contribution >= 0.6 is 0 Å². The van der Waals surface area contributed by atoms with E-state index in [9.17, 15) is 21.6 Å². The second-order valence-corrected chi connectivity index (χ2v) is 9.13. The summed E-state index contributed by atoms with van der Waals surface area (Å²) in [5, 5.41) is 9.33. The number of guanidine groups is 1. The second-order valence-electron chi connectivity index (χ2n) is 6.20. The third-order valence-corrected chi connectivity index (χ3v) is 3.01. The van der Waals surface area contributed by atoms with Gasteiger partial charge in [-0.2, -0.15) is 16.8 Å². The van der Waals surface area contributed by atoms with Gasteiger partial charge < -0.3 is 10.7 Å². The predicted octanol–water partition coefficient (Wildman–Crippen LogP) is 0.633. The van der Waals surface area contributed by atoms with E-state index in [2.05, 4.69) is 15.3 Å². The predicted molar refractivity (Wildman–Crippen MR) is 113 cm³/mol. The van der Waals surface area contributed by atoms with E-state index in [-0.39, 0.29) is 0 Å². The van der Waals surface area contributed by atoms with E-state index < -0.39 is 32.1 Å². The van der Waals surface area contributed by atoms with Crippen LogP contribution in [0.4, 0.5) is 0 Å². The molecule has 0 fully saturated rings. The highest BCUT2D eigenvalue weighted by Gasteiger charge is 2.16. The SMILES string of the molecule is CS(=O)(=O)O.CS(=O)(=O)O.Cc1ccc(C)c(-c2nc(C)c(C(=O)NC(=N)N)[nH]2)c1. The van der Waals surface area contributed by atoms with Gasteiger partial charge in [0.15, 0.2) is 5.96 Å². The molecule has 0 saturated heterocycles. The van der Waals surface area contributed by atoms with Crippen LogP contribution < -0.4 is 11.1 Å². The number of carbonyl (C=O) groups is 1. The van der Waals surface area contributed by atoms with E-state index in [1.54, 1.807) is 6.92 Å². The van der Waals surface area contributed by atoms with Gasteiger partial charge in [-0.25, -0.2) is 4.98 Å². The molecule has 12 nitrogen and oxygen atoms in total. The van der Waals surface area contributed by atoms with Crippen molar-refractivity contribution in [1.29, 1.82) is 5.41 Å². The summed E-state index contributed by atoms with van der Waals surface area (Å²) in [7, 11) is -7.33. The fraction of sp³-hybridized carbons (Fsp3) is 0.312. The zero-order valence-electron chi connectivity index (χ0n) is 17.0. The highest BCUT2D eigenvalue weighted by atomic mass is 32.2. The highest BCUT2D eigenvalue weighted by Crippen LogP contribution is 2.23. The number of nitrogens with zero attached hydrogens (tertiary/aromatic N) is 1. The van der Waals surface area contributed by atoms with Crippen molar-refractivity contribution >= 4 is 32.1 Å². The molecule has 1 aromatic heterocycles. The Hall–Kier alpha value is -2.81. The molecule has 0 bridgehead atoms. The number of imidazole rings is 1. The fourth-order valence-corrected chi connectivity index (χ4v) is 1.98. The van der Waals surface area contributed by atoms with Crippen molar-refractivity contribution < 1.29 is 30.7 Å². The Balaban J connectivity index is 0.000000702. The number of nitrogens with one attached hydrogen (secondary N) is 3. The van der Waals surface area contributed by atoms with E-state index in [0.29, 0.717) is 29.7 Å². The Morgan fingerprint density at radius 1 is 1.10 bits per heavy atom. The molecule has 0 unspecified atom stereocenters. The van der Waals surface area contributed by atoms with Crippen molar-refractivity contribution in [1.82, 2.24) is 15.3 Å². The maximum absolute atomic E-state index is 11.9. The molecule has 30 heavy (non-hydrogen) atoms. The Morgan fingerprint density at radius 3 is 2.00 bits per heavy atom. The van der Waals surface area contributed by atoms with Gasteiger partial charge in [0.25, 0.3) is 26.1 Å². The molecule has 7 N–H and O–H groups in total. The molecular weight excluding hydrogens is 438 g/mol. The van der Waals surface area contributed by atoms with Crippen LogP contribution in [0.3, 0.4) is 0 Å². The van der Waals surface area contributed by atoms with Crippen LogP contribution in [0, 0.1) is 26.2 Å². The summed E-state index contributed by atoms with van der Waals surface area (Å²) >= 11 is 0. The van der Waals surface area contributed by atoms with Crippen molar-refractivity contribution in [3.8, 4) is 11.4 Å². The Bertz CT molecular complexity index is 1080. The first-order valence-electron chi connectivity index (χ1n) is 8.03. The highest BCUT2D eigenvalue weighted by molar-refractivity contribution is 7.85. The Kier molecular flexibility index (Phi) is 9.81. The van der Waals surface area contributed by atoms with Gasteiger partial charge in [0.2, 0.25) is 0 Å². The lowest BCUT2D eigenvalue weighted by Crippen LogP contribution is -2.36. The summed E-state index contributed by atoms with van der Waals surface area (Å²) < 4.78 is 51.7. The van der Waals surface area contributed by atoms with Gasteiger partial charge >= 0.3 is 0 Å². The summed E-state index contributed by atoms with van der Waals surface area (Å²) in [6, 6.07) is 6.05. The van der Waals surface area contributed by atoms with Crippen molar-refractivity contribution in [2.75, 3.05) is 12.5 Å². The molecule has 2 rings (SSSR count). The molecule has 0 aliphatic rings. The average molecular weight is 464 g/mol. The standard InChI is InChI=1S/C14H17N5O.2CH4O3S/c1-7-4-5-8(2)10(6-7)12-17-9(3)11(18-12)13(20)19-14(15)16;2*1-5(2,3)4/h4-6H,1-3H3,(H,17,18)(H4,15,16,19,20);2*1H3,(H,2,3,4). The Labute approximate surface area is 174 Å². The number of aromatic nitrogens is 2. The minimum Gasteiger partial charge on any atom is -0.370 e. The minimum absolute atomic E-state index is 0.316. The molecule has 2 aromatic rings. The van der Waals surface area contributed by atoms with Gasteiger partial charge in [-0.15, -0.1) is 0 Å². The van der Waals surface area contributed by atoms with Crippen LogP contribution in [-0.2, 0) is 20.2 Å². The first-order valence-corrected chi connectivity index (χ1v) is 11.7. The zero-order chi connectivity index (χ0) is 23.9. The zero-order valence-corrected chi connectivity index (χ0v) is 18.6. The summed E-state index contributed by atoms with van der Waals surface area (Å²) in [6.45, 7) is 5.73. The maximum Gasteiger partial charge on any atom is 0.276 e. The van der Waals surface area contributed by atoms with Crippen molar-refractivity contribution in [3.05, 3.63) is 40.7 Å². The normalized spacial score (nSPS) is 10.8. The molecule has 1 amide bonds. The van der Waals surface area contributed by atoms with Gasteiger partial charge in [0, 0.05) is 5.56 Å². The molecule has 0 saturated carbocycles. The van der Waals surface area contributed by atoms with E-state index in [0.717, 1.165) is 16.7 Å². The van der Waals surface area contributed by atoms with Crippen LogP contribution in [0.5, 0.6) is 0 Å². The first-order chi connectivity index (χ1) is 13.4. The number of carbonyl (C=O) groups excluding carboxylic acids is 1. The number of amides is 1. The van der Waals surface area contributed by atoms with Crippen molar-refractivity contribution in [3.63, 3.8) is 0 Å². The minimum atomic E-state index is -3.67. The number of H-pyrrole nitrogens is 1. The number of benzene rings is 1. The van der Waals surface area contributed by atoms with Gasteiger partial charge in [0.1, 0.15) is 11.5 Å². The lowest BCUT2D eigenvalue weighted by Gasteiger charge is -2.04. The maximum atomic E-state index is 11.9. The second kappa shape index (κ2) is 10.8. The number of aryl methyl sites for hydroxylation is 3. The summed E-state index contributed by atoms with van der Waals surface area (Å²) in [4.78, 5) is 19.2. The van der Waals surface area contributed by atoms with E-state index >= 15 is 0 Å². The first kappa shape index (κ1) is 27.2. The molecule has 0 aliphatic carbocycles. The molecule has 1 aromatic carbocycles. The molecule has 168 valence electrons. The molecular formula is C16H25N5O7S2. The van der Waals surface area contributed by atoms with Gasteiger partial charge in [0.05, 0.1) is 18.2 Å².